The second-order valence-corrected chi connectivity index (χ2v) is 5.08. The lowest BCUT2D eigenvalue weighted by molar-refractivity contribution is 0.0428. The van der Waals surface area contributed by atoms with Crippen LogP contribution in [-0.2, 0) is 0 Å². The standard InChI is InChI=1S/C11H23NO/c1-10-4-6-11(9-13,7-5-10)8-12(2)3/h10,13H,4-9H2,1-3H3. The first-order valence-corrected chi connectivity index (χ1v) is 5.33. The van der Waals surface area contributed by atoms with Gasteiger partial charge in [0.1, 0.15) is 0 Å². The minimum absolute atomic E-state index is 0.204. The van der Waals surface area contributed by atoms with Gasteiger partial charge in [0.2, 0.25) is 0 Å². The van der Waals surface area contributed by atoms with Crippen molar-refractivity contribution in [1.82, 2.24) is 4.90 Å². The molecule has 2 nitrogen and oxygen atoms in total. The van der Waals surface area contributed by atoms with Crippen LogP contribution in [-0.4, -0.2) is 37.3 Å². The Hall–Kier alpha value is -0.0800. The third kappa shape index (κ3) is 2.96. The summed E-state index contributed by atoms with van der Waals surface area (Å²) < 4.78 is 0. The van der Waals surface area contributed by atoms with Gasteiger partial charge in [0.15, 0.2) is 0 Å². The lowest BCUT2D eigenvalue weighted by atomic mass is 9.71. The van der Waals surface area contributed by atoms with Crippen LogP contribution in [0.25, 0.3) is 0 Å². The first-order valence-electron chi connectivity index (χ1n) is 5.33. The summed E-state index contributed by atoms with van der Waals surface area (Å²) in [5.74, 6) is 0.863. The first-order chi connectivity index (χ1) is 6.08. The first kappa shape index (κ1) is 11.0. The van der Waals surface area contributed by atoms with Gasteiger partial charge in [-0.05, 0) is 32.9 Å². The predicted molar refractivity (Wildman–Crippen MR) is 55.7 cm³/mol. The molecule has 78 valence electrons. The zero-order valence-corrected chi connectivity index (χ0v) is 9.21. The van der Waals surface area contributed by atoms with Gasteiger partial charge in [-0.1, -0.05) is 19.8 Å². The molecular formula is C11H23NO. The van der Waals surface area contributed by atoms with Crippen molar-refractivity contribution in [3.05, 3.63) is 0 Å². The van der Waals surface area contributed by atoms with E-state index in [4.69, 9.17) is 0 Å². The highest BCUT2D eigenvalue weighted by Gasteiger charge is 2.33. The maximum atomic E-state index is 9.45. The van der Waals surface area contributed by atoms with Gasteiger partial charge in [-0.25, -0.2) is 0 Å². The highest BCUT2D eigenvalue weighted by atomic mass is 16.3. The molecule has 2 heteroatoms. The molecule has 0 spiro atoms. The number of hydrogen-bond acceptors (Lipinski definition) is 2. The van der Waals surface area contributed by atoms with E-state index < -0.39 is 0 Å². The minimum Gasteiger partial charge on any atom is -0.396 e. The molecule has 0 heterocycles. The Labute approximate surface area is 81.9 Å². The molecule has 1 N–H and O–H groups in total. The predicted octanol–water partition coefficient (Wildman–Crippen LogP) is 1.74. The molecule has 0 unspecified atom stereocenters. The second kappa shape index (κ2) is 4.43. The molecule has 0 aromatic carbocycles. The number of rotatable bonds is 3. The van der Waals surface area contributed by atoms with Crippen LogP contribution in [0.3, 0.4) is 0 Å². The molecule has 0 radical (unpaired) electrons. The van der Waals surface area contributed by atoms with Crippen molar-refractivity contribution in [3.63, 3.8) is 0 Å². The maximum absolute atomic E-state index is 9.45. The summed E-state index contributed by atoms with van der Waals surface area (Å²) in [6.45, 7) is 3.71. The molecule has 0 bridgehead atoms. The summed E-state index contributed by atoms with van der Waals surface area (Å²) >= 11 is 0. The fourth-order valence-corrected chi connectivity index (χ4v) is 2.41. The lowest BCUT2D eigenvalue weighted by Gasteiger charge is -2.39. The summed E-state index contributed by atoms with van der Waals surface area (Å²) in [6.07, 6.45) is 4.97. The van der Waals surface area contributed by atoms with E-state index in [2.05, 4.69) is 25.9 Å². The molecule has 1 aliphatic carbocycles. The van der Waals surface area contributed by atoms with E-state index in [1.54, 1.807) is 0 Å². The van der Waals surface area contributed by atoms with E-state index in [9.17, 15) is 5.11 Å². The van der Waals surface area contributed by atoms with E-state index in [0.717, 1.165) is 12.5 Å². The van der Waals surface area contributed by atoms with Gasteiger partial charge in [0.05, 0.1) is 0 Å². The normalized spacial score (nSPS) is 35.3. The van der Waals surface area contributed by atoms with Crippen LogP contribution in [0, 0.1) is 11.3 Å². The van der Waals surface area contributed by atoms with Crippen molar-refractivity contribution in [1.29, 1.82) is 0 Å². The van der Waals surface area contributed by atoms with Crippen LogP contribution in [0.1, 0.15) is 32.6 Å². The monoisotopic (exact) mass is 185 g/mol. The minimum atomic E-state index is 0.204. The molecular weight excluding hydrogens is 162 g/mol. The Morgan fingerprint density at radius 1 is 1.31 bits per heavy atom. The van der Waals surface area contributed by atoms with Gasteiger partial charge >= 0.3 is 0 Å². The Bertz CT molecular complexity index is 148. The van der Waals surface area contributed by atoms with Crippen LogP contribution in [0.4, 0.5) is 0 Å². The molecule has 0 aromatic rings. The molecule has 0 aliphatic heterocycles. The fraction of sp³-hybridized carbons (Fsp3) is 1.00. The Morgan fingerprint density at radius 2 is 1.85 bits per heavy atom. The van der Waals surface area contributed by atoms with Gasteiger partial charge in [-0.2, -0.15) is 0 Å². The number of aliphatic hydroxyl groups excluding tert-OH is 1. The summed E-state index contributed by atoms with van der Waals surface area (Å²) in [6, 6.07) is 0. The summed E-state index contributed by atoms with van der Waals surface area (Å²) in [4.78, 5) is 2.20. The highest BCUT2D eigenvalue weighted by molar-refractivity contribution is 4.85. The molecule has 1 aliphatic rings. The van der Waals surface area contributed by atoms with Crippen LogP contribution in [0.5, 0.6) is 0 Å². The molecule has 13 heavy (non-hydrogen) atoms. The van der Waals surface area contributed by atoms with Gasteiger partial charge in [-0.15, -0.1) is 0 Å². The van der Waals surface area contributed by atoms with Crippen molar-refractivity contribution in [2.45, 2.75) is 32.6 Å². The van der Waals surface area contributed by atoms with Gasteiger partial charge in [-0.3, -0.25) is 0 Å². The average molecular weight is 185 g/mol. The van der Waals surface area contributed by atoms with Crippen LogP contribution in [0.2, 0.25) is 0 Å². The second-order valence-electron chi connectivity index (χ2n) is 5.08. The van der Waals surface area contributed by atoms with Crippen molar-refractivity contribution in [2.24, 2.45) is 11.3 Å². The van der Waals surface area contributed by atoms with Crippen molar-refractivity contribution < 1.29 is 5.11 Å². The zero-order valence-electron chi connectivity index (χ0n) is 9.21. The van der Waals surface area contributed by atoms with Gasteiger partial charge < -0.3 is 10.0 Å². The summed E-state index contributed by atoms with van der Waals surface area (Å²) in [5.41, 5.74) is 0.204. The molecule has 0 saturated heterocycles. The number of hydrogen-bond donors (Lipinski definition) is 1. The molecule has 1 fully saturated rings. The number of nitrogens with zero attached hydrogens (tertiary/aromatic N) is 1. The van der Waals surface area contributed by atoms with Crippen LogP contribution in [0.15, 0.2) is 0 Å². The maximum Gasteiger partial charge on any atom is 0.0499 e. The van der Waals surface area contributed by atoms with Gasteiger partial charge in [0.25, 0.3) is 0 Å². The van der Waals surface area contributed by atoms with E-state index >= 15 is 0 Å². The average Bonchev–Trinajstić information content (AvgIpc) is 2.09. The van der Waals surface area contributed by atoms with Crippen LogP contribution < -0.4 is 0 Å². The topological polar surface area (TPSA) is 23.5 Å². The lowest BCUT2D eigenvalue weighted by Crippen LogP contribution is -2.39. The van der Waals surface area contributed by atoms with E-state index in [1.807, 2.05) is 0 Å². The highest BCUT2D eigenvalue weighted by Crippen LogP contribution is 2.38. The molecule has 0 aromatic heterocycles. The summed E-state index contributed by atoms with van der Waals surface area (Å²) in [7, 11) is 4.19. The summed E-state index contributed by atoms with van der Waals surface area (Å²) in [5, 5.41) is 9.45. The molecule has 0 amide bonds. The van der Waals surface area contributed by atoms with Crippen molar-refractivity contribution in [2.75, 3.05) is 27.2 Å². The fourth-order valence-electron chi connectivity index (χ4n) is 2.41. The van der Waals surface area contributed by atoms with Crippen molar-refractivity contribution in [3.8, 4) is 0 Å². The SMILES string of the molecule is CC1CCC(CO)(CN(C)C)CC1. The van der Waals surface area contributed by atoms with E-state index in [-0.39, 0.29) is 5.41 Å². The van der Waals surface area contributed by atoms with Crippen molar-refractivity contribution >= 4 is 0 Å². The molecule has 1 saturated carbocycles. The van der Waals surface area contributed by atoms with Crippen LogP contribution >= 0.6 is 0 Å². The Morgan fingerprint density at radius 3 is 2.23 bits per heavy atom. The quantitative estimate of drug-likeness (QED) is 0.724. The zero-order chi connectivity index (χ0) is 9.90. The third-order valence-corrected chi connectivity index (χ3v) is 3.32. The number of aliphatic hydroxyl groups is 1. The Kier molecular flexibility index (Phi) is 3.74. The van der Waals surface area contributed by atoms with E-state index in [0.29, 0.717) is 6.61 Å². The molecule has 1 rings (SSSR count). The third-order valence-electron chi connectivity index (χ3n) is 3.32. The van der Waals surface area contributed by atoms with Gasteiger partial charge in [0, 0.05) is 18.6 Å². The largest absolute Gasteiger partial charge is 0.396 e. The molecule has 0 atom stereocenters. The smallest absolute Gasteiger partial charge is 0.0499 e. The Balaban J connectivity index is 2.50. The van der Waals surface area contributed by atoms with E-state index in [1.165, 1.54) is 25.7 Å².